The highest BCUT2D eigenvalue weighted by Crippen LogP contribution is 2.35. The molecule has 0 saturated carbocycles. The zero-order chi connectivity index (χ0) is 45.4. The Morgan fingerprint density at radius 1 is 0.538 bits per heavy atom. The second-order valence-electron chi connectivity index (χ2n) is 15.8. The fraction of sp³-hybridized carbons (Fsp3) is 0.230. The fourth-order valence-corrected chi connectivity index (χ4v) is 7.63. The van der Waals surface area contributed by atoms with Gasteiger partial charge in [0.15, 0.2) is 0 Å². The SMILES string of the molecule is C.CC(c1ccccc1)c1ccccc1.CC1c2ccccc2Cc2ccccc21.CCc1c[nH]c2ccccc12.CCc1ccc(O)cc1.CCc1ccccc1.CCc1cnc[nH]1. The van der Waals surface area contributed by atoms with Crippen LogP contribution in [0.15, 0.2) is 207 Å². The van der Waals surface area contributed by atoms with Crippen LogP contribution in [0.25, 0.3) is 10.9 Å². The molecule has 1 aliphatic carbocycles. The number of para-hydroxylation sites is 1. The van der Waals surface area contributed by atoms with Crippen molar-refractivity contribution in [3.8, 4) is 5.75 Å². The van der Waals surface area contributed by atoms with Gasteiger partial charge in [-0.3, -0.25) is 0 Å². The number of nitrogens with one attached hydrogen (secondary N) is 2. The highest BCUT2D eigenvalue weighted by molar-refractivity contribution is 5.82. The molecule has 0 aliphatic heterocycles. The molecule has 65 heavy (non-hydrogen) atoms. The molecule has 3 N–H and O–H groups in total. The first-order chi connectivity index (χ1) is 31.3. The van der Waals surface area contributed by atoms with Gasteiger partial charge < -0.3 is 15.1 Å². The Hall–Kier alpha value is -6.91. The Bertz CT molecular complexity index is 2510. The van der Waals surface area contributed by atoms with Crippen molar-refractivity contribution < 1.29 is 5.11 Å². The van der Waals surface area contributed by atoms with Gasteiger partial charge >= 0.3 is 0 Å². The molecular weight excluding hydrogens is 791 g/mol. The van der Waals surface area contributed by atoms with Crippen LogP contribution >= 0.6 is 0 Å². The van der Waals surface area contributed by atoms with Crippen molar-refractivity contribution in [1.82, 2.24) is 15.0 Å². The van der Waals surface area contributed by atoms with Crippen molar-refractivity contribution in [3.05, 3.63) is 263 Å². The molecule has 0 spiro atoms. The second-order valence-corrected chi connectivity index (χ2v) is 15.8. The van der Waals surface area contributed by atoms with Crippen LogP contribution in [-0.4, -0.2) is 20.1 Å². The molecule has 2 aromatic heterocycles. The number of aromatic amines is 2. The third kappa shape index (κ3) is 16.0. The fourth-order valence-electron chi connectivity index (χ4n) is 7.63. The largest absolute Gasteiger partial charge is 0.508 e. The molecule has 0 fully saturated rings. The monoisotopic (exact) mass is 862 g/mol. The van der Waals surface area contributed by atoms with Crippen LogP contribution < -0.4 is 0 Å². The lowest BCUT2D eigenvalue weighted by Gasteiger charge is -2.25. The molecule has 0 saturated heterocycles. The van der Waals surface area contributed by atoms with Gasteiger partial charge in [0.1, 0.15) is 5.75 Å². The average Bonchev–Trinajstić information content (AvgIpc) is 4.07. The van der Waals surface area contributed by atoms with E-state index >= 15 is 0 Å². The summed E-state index contributed by atoms with van der Waals surface area (Å²) in [6.45, 7) is 13.1. The van der Waals surface area contributed by atoms with Crippen LogP contribution in [-0.2, 0) is 32.1 Å². The number of H-pyrrole nitrogens is 2. The van der Waals surface area contributed by atoms with Crippen LogP contribution in [0, 0.1) is 0 Å². The third-order valence-electron chi connectivity index (χ3n) is 11.6. The minimum absolute atomic E-state index is 0. The van der Waals surface area contributed by atoms with Crippen LogP contribution in [0.4, 0.5) is 0 Å². The molecule has 4 heteroatoms. The number of aryl methyl sites for hydroxylation is 4. The van der Waals surface area contributed by atoms with Crippen molar-refractivity contribution >= 4 is 10.9 Å². The lowest BCUT2D eigenvalue weighted by Crippen LogP contribution is -2.10. The molecule has 0 amide bonds. The van der Waals surface area contributed by atoms with Gasteiger partial charge in [0.05, 0.1) is 6.33 Å². The van der Waals surface area contributed by atoms with Gasteiger partial charge in [0.2, 0.25) is 0 Å². The number of aromatic hydroxyl groups is 1. The zero-order valence-corrected chi connectivity index (χ0v) is 38.7. The molecule has 10 rings (SSSR count). The van der Waals surface area contributed by atoms with Crippen molar-refractivity contribution in [3.63, 3.8) is 0 Å². The first-order valence-corrected chi connectivity index (χ1v) is 22.9. The number of aromatic nitrogens is 3. The van der Waals surface area contributed by atoms with Crippen LogP contribution in [0.5, 0.6) is 5.75 Å². The van der Waals surface area contributed by atoms with E-state index in [4.69, 9.17) is 5.11 Å². The molecular formula is C61H71N3O. The van der Waals surface area contributed by atoms with Gasteiger partial charge in [-0.05, 0) is 100 Å². The van der Waals surface area contributed by atoms with Crippen molar-refractivity contribution in [2.24, 2.45) is 0 Å². The van der Waals surface area contributed by atoms with Crippen molar-refractivity contribution in [1.29, 1.82) is 0 Å². The van der Waals surface area contributed by atoms with Gasteiger partial charge in [-0.25, -0.2) is 4.98 Å². The highest BCUT2D eigenvalue weighted by Gasteiger charge is 2.20. The Morgan fingerprint density at radius 3 is 1.48 bits per heavy atom. The lowest BCUT2D eigenvalue weighted by atomic mass is 9.79. The van der Waals surface area contributed by atoms with E-state index in [-0.39, 0.29) is 7.43 Å². The Balaban J connectivity index is 0.000000174. The van der Waals surface area contributed by atoms with Gasteiger partial charge in [0.25, 0.3) is 0 Å². The number of hydrogen-bond donors (Lipinski definition) is 3. The van der Waals surface area contributed by atoms with E-state index in [1.54, 1.807) is 18.5 Å². The first kappa shape index (κ1) is 50.7. The maximum Gasteiger partial charge on any atom is 0.115 e. The highest BCUT2D eigenvalue weighted by atomic mass is 16.3. The van der Waals surface area contributed by atoms with Crippen molar-refractivity contribution in [2.75, 3.05) is 0 Å². The molecule has 4 nitrogen and oxygen atoms in total. The van der Waals surface area contributed by atoms with Crippen LogP contribution in [0.2, 0.25) is 0 Å². The number of benzene rings is 7. The maximum absolute atomic E-state index is 8.85. The summed E-state index contributed by atoms with van der Waals surface area (Å²) >= 11 is 0. The first-order valence-electron chi connectivity index (χ1n) is 22.9. The van der Waals surface area contributed by atoms with Crippen molar-refractivity contribution in [2.45, 2.75) is 92.9 Å². The van der Waals surface area contributed by atoms with E-state index in [0.29, 0.717) is 17.6 Å². The minimum atomic E-state index is 0. The standard InChI is InChI=1S/C15H14.C14H14.C10H11N.C8H10O.C8H10.C5H8N2.CH4/c1-11-14-8-4-2-6-12(14)10-13-7-3-5-9-15(11)13;1-12(13-8-4-2-5-9-13)14-10-6-3-7-11-14;1-2-8-7-11-10-6-4-3-5-9(8)10;1-2-7-3-5-8(9)6-4-7;1-2-8-6-4-3-5-7-8;1-2-5-3-6-4-7-5;/h2-9,11H,10H2,1H3;2-12H,1H3;3-7,11H,2H2,1H3;3-6,9H,2H2,1H3;3-7H,2H2,1H3;3-4H,2H2,1H3,(H,6,7);1H4. The summed E-state index contributed by atoms with van der Waals surface area (Å²) in [5.41, 5.74) is 15.2. The minimum Gasteiger partial charge on any atom is -0.508 e. The summed E-state index contributed by atoms with van der Waals surface area (Å²) in [6.07, 6.45) is 11.0. The van der Waals surface area contributed by atoms with E-state index in [1.807, 2.05) is 24.4 Å². The molecule has 0 radical (unpaired) electrons. The number of nitrogens with zero attached hydrogens (tertiary/aromatic N) is 1. The van der Waals surface area contributed by atoms with E-state index in [0.717, 1.165) is 32.1 Å². The summed E-state index contributed by atoms with van der Waals surface area (Å²) < 4.78 is 0. The quantitative estimate of drug-likeness (QED) is 0.156. The molecule has 2 heterocycles. The van der Waals surface area contributed by atoms with E-state index in [2.05, 4.69) is 220 Å². The Labute approximate surface area is 390 Å². The zero-order valence-electron chi connectivity index (χ0n) is 38.7. The molecule has 336 valence electrons. The van der Waals surface area contributed by atoms with Crippen LogP contribution in [0.1, 0.15) is 117 Å². The summed E-state index contributed by atoms with van der Waals surface area (Å²) in [5.74, 6) is 1.37. The van der Waals surface area contributed by atoms with E-state index in [1.165, 1.54) is 66.7 Å². The Morgan fingerprint density at radius 2 is 1.02 bits per heavy atom. The predicted octanol–water partition coefficient (Wildman–Crippen LogP) is 16.1. The number of hydrogen-bond acceptors (Lipinski definition) is 2. The second kappa shape index (κ2) is 28.0. The smallest absolute Gasteiger partial charge is 0.115 e. The summed E-state index contributed by atoms with van der Waals surface area (Å²) in [6, 6.07) is 64.9. The third-order valence-corrected chi connectivity index (χ3v) is 11.6. The van der Waals surface area contributed by atoms with Gasteiger partial charge in [-0.15, -0.1) is 0 Å². The number of phenols is 1. The number of phenolic OH excluding ortho intramolecular Hbond substituents is 1. The van der Waals surface area contributed by atoms with Crippen LogP contribution in [0.3, 0.4) is 0 Å². The number of fused-ring (bicyclic) bond motifs is 3. The number of rotatable bonds is 6. The van der Waals surface area contributed by atoms with Gasteiger partial charge in [-0.2, -0.15) is 0 Å². The van der Waals surface area contributed by atoms with Gasteiger partial charge in [-0.1, -0.05) is 219 Å². The average molecular weight is 862 g/mol. The molecule has 0 bridgehead atoms. The van der Waals surface area contributed by atoms with E-state index < -0.39 is 0 Å². The maximum atomic E-state index is 8.85. The molecule has 0 unspecified atom stereocenters. The van der Waals surface area contributed by atoms with Gasteiger partial charge in [0, 0.05) is 40.8 Å². The summed E-state index contributed by atoms with van der Waals surface area (Å²) in [5, 5.41) is 10.2. The number of imidazole rings is 1. The summed E-state index contributed by atoms with van der Waals surface area (Å²) in [4.78, 5) is 10.1. The predicted molar refractivity (Wildman–Crippen MR) is 279 cm³/mol. The lowest BCUT2D eigenvalue weighted by molar-refractivity contribution is 0.475. The topological polar surface area (TPSA) is 64.7 Å². The molecule has 9 aromatic rings. The Kier molecular flexibility index (Phi) is 21.9. The summed E-state index contributed by atoms with van der Waals surface area (Å²) in [7, 11) is 0. The normalized spacial score (nSPS) is 10.8. The van der Waals surface area contributed by atoms with E-state index in [9.17, 15) is 0 Å². The molecule has 7 aromatic carbocycles. The molecule has 0 atom stereocenters. The molecule has 1 aliphatic rings.